The van der Waals surface area contributed by atoms with Crippen molar-refractivity contribution in [2.24, 2.45) is 0 Å². The molecule has 0 saturated heterocycles. The van der Waals surface area contributed by atoms with Gasteiger partial charge in [0, 0.05) is 32.9 Å². The molecule has 0 amide bonds. The predicted molar refractivity (Wildman–Crippen MR) is 184 cm³/mol. The number of hydrogen-bond donors (Lipinski definition) is 0. The highest BCUT2D eigenvalue weighted by molar-refractivity contribution is 6.33. The van der Waals surface area contributed by atoms with Crippen LogP contribution in [-0.4, -0.2) is 0 Å². The third kappa shape index (κ3) is 3.83. The molecule has 0 N–H and O–H groups in total. The van der Waals surface area contributed by atoms with Crippen molar-refractivity contribution in [1.82, 2.24) is 0 Å². The van der Waals surface area contributed by atoms with Gasteiger partial charge in [-0.15, -0.1) is 0 Å². The van der Waals surface area contributed by atoms with E-state index in [1.807, 2.05) is 48.5 Å². The van der Waals surface area contributed by atoms with Crippen molar-refractivity contribution in [1.29, 1.82) is 0 Å². The molecule has 2 aromatic heterocycles. The Morgan fingerprint density at radius 1 is 0.455 bits per heavy atom. The lowest BCUT2D eigenvalue weighted by molar-refractivity contribution is 0.669. The molecule has 3 nitrogen and oxygen atoms in total. The minimum atomic E-state index is 0.603. The zero-order chi connectivity index (χ0) is 29.2. The minimum Gasteiger partial charge on any atom is -0.456 e. The Morgan fingerprint density at radius 3 is 2.02 bits per heavy atom. The van der Waals surface area contributed by atoms with E-state index in [0.717, 1.165) is 77.3 Å². The minimum absolute atomic E-state index is 0.603. The van der Waals surface area contributed by atoms with Crippen LogP contribution in [0.15, 0.2) is 154 Å². The van der Waals surface area contributed by atoms with E-state index in [9.17, 15) is 0 Å². The molecule has 4 heteroatoms. The van der Waals surface area contributed by atoms with E-state index >= 15 is 0 Å². The molecule has 2 heterocycles. The molecule has 208 valence electrons. The van der Waals surface area contributed by atoms with E-state index in [0.29, 0.717) is 5.02 Å². The van der Waals surface area contributed by atoms with Gasteiger partial charge < -0.3 is 13.7 Å². The molecular formula is C40H24ClNO2. The molecule has 0 aliphatic heterocycles. The fourth-order valence-corrected chi connectivity index (χ4v) is 6.74. The van der Waals surface area contributed by atoms with Gasteiger partial charge in [-0.1, -0.05) is 109 Å². The van der Waals surface area contributed by atoms with Crippen molar-refractivity contribution in [3.63, 3.8) is 0 Å². The van der Waals surface area contributed by atoms with Crippen LogP contribution in [0.3, 0.4) is 0 Å². The van der Waals surface area contributed by atoms with E-state index < -0.39 is 0 Å². The van der Waals surface area contributed by atoms with Gasteiger partial charge in [0.1, 0.15) is 22.3 Å². The van der Waals surface area contributed by atoms with E-state index in [4.69, 9.17) is 20.4 Å². The fourth-order valence-electron chi connectivity index (χ4n) is 6.54. The van der Waals surface area contributed by atoms with Crippen LogP contribution in [0.4, 0.5) is 17.1 Å². The Balaban J connectivity index is 1.37. The standard InChI is InChI=1S/C40H24ClNO2/c41-28-23-34(39-32-22-19-27-11-4-5-12-30(27)40(32)44-37(39)24-28)42(29-20-17-26(18-21-29)25-9-2-1-3-10-25)33-14-8-16-36-38(33)31-13-6-7-15-35(31)43-36/h1-24H. The van der Waals surface area contributed by atoms with Crippen molar-refractivity contribution >= 4 is 83.3 Å². The molecule has 0 unspecified atom stereocenters. The number of para-hydroxylation sites is 1. The molecule has 0 fully saturated rings. The average molecular weight is 586 g/mol. The van der Waals surface area contributed by atoms with Gasteiger partial charge in [0.05, 0.1) is 22.1 Å². The lowest BCUT2D eigenvalue weighted by Crippen LogP contribution is -2.11. The monoisotopic (exact) mass is 585 g/mol. The third-order valence-corrected chi connectivity index (χ3v) is 8.72. The van der Waals surface area contributed by atoms with Crippen LogP contribution < -0.4 is 4.90 Å². The van der Waals surface area contributed by atoms with Crippen LogP contribution in [0.5, 0.6) is 0 Å². The van der Waals surface area contributed by atoms with Crippen LogP contribution in [0.2, 0.25) is 5.02 Å². The van der Waals surface area contributed by atoms with Crippen LogP contribution in [0.1, 0.15) is 0 Å². The van der Waals surface area contributed by atoms with E-state index in [1.54, 1.807) is 0 Å². The maximum Gasteiger partial charge on any atom is 0.143 e. The van der Waals surface area contributed by atoms with Gasteiger partial charge in [-0.25, -0.2) is 0 Å². The van der Waals surface area contributed by atoms with Crippen LogP contribution >= 0.6 is 11.6 Å². The zero-order valence-corrected chi connectivity index (χ0v) is 24.3. The molecule has 0 saturated carbocycles. The molecule has 9 rings (SSSR count). The highest BCUT2D eigenvalue weighted by Crippen LogP contribution is 2.48. The quantitative estimate of drug-likeness (QED) is 0.206. The van der Waals surface area contributed by atoms with E-state index in [1.165, 1.54) is 5.56 Å². The SMILES string of the molecule is Clc1cc(N(c2ccc(-c3ccccc3)cc2)c2cccc3oc4ccccc4c23)c2c(c1)oc1c3ccccc3ccc12. The second kappa shape index (κ2) is 9.77. The summed E-state index contributed by atoms with van der Waals surface area (Å²) in [6, 6.07) is 50.2. The van der Waals surface area contributed by atoms with Crippen molar-refractivity contribution < 1.29 is 8.83 Å². The maximum absolute atomic E-state index is 6.88. The Morgan fingerprint density at radius 2 is 1.16 bits per heavy atom. The number of halogens is 1. The molecule has 0 spiro atoms. The summed E-state index contributed by atoms with van der Waals surface area (Å²) in [6.07, 6.45) is 0. The fraction of sp³-hybridized carbons (Fsp3) is 0. The summed E-state index contributed by atoms with van der Waals surface area (Å²) < 4.78 is 12.9. The van der Waals surface area contributed by atoms with Crippen LogP contribution in [0.25, 0.3) is 65.8 Å². The Labute approximate surface area is 258 Å². The van der Waals surface area contributed by atoms with E-state index in [-0.39, 0.29) is 0 Å². The first kappa shape index (κ1) is 25.0. The average Bonchev–Trinajstić information content (AvgIpc) is 3.64. The highest BCUT2D eigenvalue weighted by Gasteiger charge is 2.24. The van der Waals surface area contributed by atoms with E-state index in [2.05, 4.69) is 102 Å². The number of fused-ring (bicyclic) bond motifs is 8. The molecular weight excluding hydrogens is 562 g/mol. The second-order valence-electron chi connectivity index (χ2n) is 11.1. The van der Waals surface area contributed by atoms with Crippen molar-refractivity contribution in [2.75, 3.05) is 4.90 Å². The number of rotatable bonds is 4. The van der Waals surface area contributed by atoms with Gasteiger partial charge in [-0.2, -0.15) is 0 Å². The summed E-state index contributed by atoms with van der Waals surface area (Å²) >= 11 is 6.88. The summed E-state index contributed by atoms with van der Waals surface area (Å²) in [4.78, 5) is 2.29. The highest BCUT2D eigenvalue weighted by atomic mass is 35.5. The Bertz CT molecular complexity index is 2510. The molecule has 0 radical (unpaired) electrons. The summed E-state index contributed by atoms with van der Waals surface area (Å²) in [7, 11) is 0. The van der Waals surface area contributed by atoms with Crippen LogP contribution in [0, 0.1) is 0 Å². The Hall–Kier alpha value is -5.51. The van der Waals surface area contributed by atoms with Crippen molar-refractivity contribution in [3.05, 3.63) is 151 Å². The first-order valence-electron chi connectivity index (χ1n) is 14.6. The smallest absolute Gasteiger partial charge is 0.143 e. The summed E-state index contributed by atoms with van der Waals surface area (Å²) in [5, 5.41) is 6.96. The Kier molecular flexibility index (Phi) is 5.56. The summed E-state index contributed by atoms with van der Waals surface area (Å²) in [5.41, 5.74) is 8.54. The summed E-state index contributed by atoms with van der Waals surface area (Å²) in [6.45, 7) is 0. The van der Waals surface area contributed by atoms with Gasteiger partial charge >= 0.3 is 0 Å². The largest absolute Gasteiger partial charge is 0.456 e. The maximum atomic E-state index is 6.88. The molecule has 44 heavy (non-hydrogen) atoms. The van der Waals surface area contributed by atoms with Gasteiger partial charge in [-0.3, -0.25) is 0 Å². The molecule has 0 atom stereocenters. The lowest BCUT2D eigenvalue weighted by Gasteiger charge is -2.27. The molecule has 9 aromatic rings. The number of anilines is 3. The van der Waals surface area contributed by atoms with Gasteiger partial charge in [0.15, 0.2) is 0 Å². The second-order valence-corrected chi connectivity index (χ2v) is 11.5. The van der Waals surface area contributed by atoms with Gasteiger partial charge in [-0.05, 0) is 59.0 Å². The first-order valence-corrected chi connectivity index (χ1v) is 15.0. The molecule has 0 aliphatic rings. The number of hydrogen-bond acceptors (Lipinski definition) is 3. The van der Waals surface area contributed by atoms with Gasteiger partial charge in [0.25, 0.3) is 0 Å². The predicted octanol–water partition coefficient (Wildman–Crippen LogP) is 12.4. The third-order valence-electron chi connectivity index (χ3n) is 8.50. The number of nitrogens with zero attached hydrogens (tertiary/aromatic N) is 1. The lowest BCUT2D eigenvalue weighted by atomic mass is 10.0. The number of benzene rings is 7. The molecule has 7 aromatic carbocycles. The van der Waals surface area contributed by atoms with Crippen LogP contribution in [-0.2, 0) is 0 Å². The topological polar surface area (TPSA) is 29.5 Å². The van der Waals surface area contributed by atoms with Crippen molar-refractivity contribution in [3.8, 4) is 11.1 Å². The summed E-state index contributed by atoms with van der Waals surface area (Å²) in [5.74, 6) is 0. The molecule has 0 bridgehead atoms. The number of furan rings is 2. The van der Waals surface area contributed by atoms with Crippen molar-refractivity contribution in [2.45, 2.75) is 0 Å². The first-order chi connectivity index (χ1) is 21.7. The normalized spacial score (nSPS) is 11.8. The zero-order valence-electron chi connectivity index (χ0n) is 23.5. The van der Waals surface area contributed by atoms with Gasteiger partial charge in [0.2, 0.25) is 0 Å². The molecule has 0 aliphatic carbocycles.